The quantitative estimate of drug-likeness (QED) is 0.734. The predicted molar refractivity (Wildman–Crippen MR) is 108 cm³/mol. The number of hydrogen-bond acceptors (Lipinski definition) is 3. The Morgan fingerprint density at radius 2 is 1.74 bits per heavy atom. The summed E-state index contributed by atoms with van der Waals surface area (Å²) in [5, 5.41) is 6.67. The summed E-state index contributed by atoms with van der Waals surface area (Å²) in [6.07, 6.45) is 2.04. The fourth-order valence-corrected chi connectivity index (χ4v) is 3.42. The van der Waals surface area contributed by atoms with E-state index in [1.165, 1.54) is 0 Å². The van der Waals surface area contributed by atoms with Gasteiger partial charge >= 0.3 is 0 Å². The van der Waals surface area contributed by atoms with Crippen LogP contribution in [0.3, 0.4) is 0 Å². The van der Waals surface area contributed by atoms with Gasteiger partial charge in [0.15, 0.2) is 0 Å². The first-order valence-electron chi connectivity index (χ1n) is 8.74. The van der Waals surface area contributed by atoms with Gasteiger partial charge in [0.2, 0.25) is 11.8 Å². The Hall–Kier alpha value is -2.08. The van der Waals surface area contributed by atoms with E-state index in [-0.39, 0.29) is 24.4 Å². The van der Waals surface area contributed by atoms with Gasteiger partial charge in [0, 0.05) is 21.8 Å². The number of nitrogens with one attached hydrogen (secondary N) is 2. The number of halogens is 2. The number of nitrogens with zero attached hydrogens (tertiary/aromatic N) is 1. The van der Waals surface area contributed by atoms with Crippen molar-refractivity contribution in [2.45, 2.75) is 24.9 Å². The van der Waals surface area contributed by atoms with Crippen molar-refractivity contribution < 1.29 is 9.59 Å². The number of likely N-dealkylation sites (N-methyl/N-ethyl adjacent to an activating group) is 1. The van der Waals surface area contributed by atoms with Gasteiger partial charge in [0.05, 0.1) is 6.54 Å². The lowest BCUT2D eigenvalue weighted by molar-refractivity contribution is -0.125. The van der Waals surface area contributed by atoms with Crippen molar-refractivity contribution in [3.05, 3.63) is 64.1 Å². The van der Waals surface area contributed by atoms with E-state index in [2.05, 4.69) is 10.6 Å². The highest BCUT2D eigenvalue weighted by atomic mass is 35.5. The number of carbonyl (C=O) groups excluding carboxylic acids is 2. The molecule has 27 heavy (non-hydrogen) atoms. The molecule has 0 spiro atoms. The van der Waals surface area contributed by atoms with Gasteiger partial charge in [0.1, 0.15) is 6.04 Å². The molecule has 1 aliphatic carbocycles. The number of carbonyl (C=O) groups is 2. The highest BCUT2D eigenvalue weighted by molar-refractivity contribution is 6.35. The first-order valence-corrected chi connectivity index (χ1v) is 9.49. The molecule has 0 radical (unpaired) electrons. The molecule has 142 valence electrons. The average Bonchev–Trinajstić information content (AvgIpc) is 3.38. The number of rotatable bonds is 7. The highest BCUT2D eigenvalue weighted by Crippen LogP contribution is 2.26. The lowest BCUT2D eigenvalue weighted by atomic mass is 10.0. The summed E-state index contributed by atoms with van der Waals surface area (Å²) >= 11 is 12.0. The molecule has 5 nitrogen and oxygen atoms in total. The van der Waals surface area contributed by atoms with Crippen LogP contribution in [-0.2, 0) is 9.59 Å². The molecule has 7 heteroatoms. The summed E-state index contributed by atoms with van der Waals surface area (Å²) < 4.78 is 0. The fourth-order valence-electron chi connectivity index (χ4n) is 2.90. The fraction of sp³-hybridized carbons (Fsp3) is 0.300. The van der Waals surface area contributed by atoms with Crippen molar-refractivity contribution in [3.8, 4) is 0 Å². The van der Waals surface area contributed by atoms with Crippen molar-refractivity contribution in [2.24, 2.45) is 0 Å². The molecule has 3 rings (SSSR count). The van der Waals surface area contributed by atoms with Gasteiger partial charge in [-0.15, -0.1) is 0 Å². The summed E-state index contributed by atoms with van der Waals surface area (Å²) in [4.78, 5) is 26.9. The second-order valence-electron chi connectivity index (χ2n) is 6.72. The monoisotopic (exact) mass is 405 g/mol. The lowest BCUT2D eigenvalue weighted by Crippen LogP contribution is -2.41. The predicted octanol–water partition coefficient (Wildman–Crippen LogP) is 3.88. The number of benzene rings is 2. The van der Waals surface area contributed by atoms with E-state index in [0.29, 0.717) is 15.7 Å². The zero-order valence-corrected chi connectivity index (χ0v) is 16.4. The molecule has 0 aliphatic heterocycles. The Morgan fingerprint density at radius 1 is 1.11 bits per heavy atom. The smallest absolute Gasteiger partial charge is 0.246 e. The van der Waals surface area contributed by atoms with E-state index >= 15 is 0 Å². The first kappa shape index (κ1) is 19.7. The third-order valence-corrected chi connectivity index (χ3v) is 4.71. The zero-order valence-electron chi connectivity index (χ0n) is 14.9. The van der Waals surface area contributed by atoms with Gasteiger partial charge in [-0.25, -0.2) is 0 Å². The Labute approximate surface area is 168 Å². The van der Waals surface area contributed by atoms with Crippen LogP contribution in [0.1, 0.15) is 24.4 Å². The Bertz CT molecular complexity index is 805. The lowest BCUT2D eigenvalue weighted by Gasteiger charge is -2.27. The molecule has 0 bridgehead atoms. The van der Waals surface area contributed by atoms with Crippen molar-refractivity contribution >= 4 is 40.7 Å². The van der Waals surface area contributed by atoms with E-state index < -0.39 is 6.04 Å². The molecule has 0 unspecified atom stereocenters. The third-order valence-electron chi connectivity index (χ3n) is 4.27. The van der Waals surface area contributed by atoms with Crippen LogP contribution in [0.4, 0.5) is 5.69 Å². The van der Waals surface area contributed by atoms with Crippen LogP contribution in [0.25, 0.3) is 0 Å². The first-order chi connectivity index (χ1) is 12.9. The van der Waals surface area contributed by atoms with Crippen LogP contribution in [0, 0.1) is 0 Å². The van der Waals surface area contributed by atoms with E-state index in [1.54, 1.807) is 30.1 Å². The number of anilines is 1. The molecule has 1 atom stereocenters. The summed E-state index contributed by atoms with van der Waals surface area (Å²) in [6.45, 7) is 0.125. The van der Waals surface area contributed by atoms with Crippen molar-refractivity contribution in [3.63, 3.8) is 0 Å². The zero-order chi connectivity index (χ0) is 19.4. The minimum atomic E-state index is -0.631. The van der Waals surface area contributed by atoms with Gasteiger partial charge in [-0.3, -0.25) is 14.5 Å². The maximum Gasteiger partial charge on any atom is 0.246 e. The molecule has 0 aromatic heterocycles. The Morgan fingerprint density at radius 3 is 2.33 bits per heavy atom. The van der Waals surface area contributed by atoms with E-state index in [9.17, 15) is 9.59 Å². The van der Waals surface area contributed by atoms with E-state index in [4.69, 9.17) is 23.2 Å². The summed E-state index contributed by atoms with van der Waals surface area (Å²) in [5.74, 6) is -0.346. The molecule has 1 aliphatic rings. The molecule has 0 heterocycles. The molecule has 0 saturated heterocycles. The SMILES string of the molecule is CN(CC(=O)NC1CC1)[C@@H](C(=O)Nc1cc(Cl)cc(Cl)c1)c1ccccc1. The van der Waals surface area contributed by atoms with Crippen molar-refractivity contribution in [1.29, 1.82) is 0 Å². The molecule has 2 aromatic carbocycles. The van der Waals surface area contributed by atoms with E-state index in [1.807, 2.05) is 30.3 Å². The summed E-state index contributed by atoms with van der Waals surface area (Å²) in [6, 6.07) is 13.9. The molecule has 1 saturated carbocycles. The van der Waals surface area contributed by atoms with Gasteiger partial charge in [-0.1, -0.05) is 53.5 Å². The summed E-state index contributed by atoms with van der Waals surface area (Å²) in [7, 11) is 1.76. The second kappa shape index (κ2) is 8.74. The van der Waals surface area contributed by atoms with Crippen LogP contribution in [0.2, 0.25) is 10.0 Å². The number of hydrogen-bond donors (Lipinski definition) is 2. The average molecular weight is 406 g/mol. The van der Waals surface area contributed by atoms with E-state index in [0.717, 1.165) is 18.4 Å². The summed E-state index contributed by atoms with van der Waals surface area (Å²) in [5.41, 5.74) is 1.30. The third kappa shape index (κ3) is 5.70. The Kier molecular flexibility index (Phi) is 6.37. The Balaban J connectivity index is 1.78. The normalized spacial score (nSPS) is 14.7. The van der Waals surface area contributed by atoms with Gasteiger partial charge in [0.25, 0.3) is 0 Å². The van der Waals surface area contributed by atoms with Crippen molar-refractivity contribution in [2.75, 3.05) is 18.9 Å². The molecule has 2 amide bonds. The largest absolute Gasteiger partial charge is 0.352 e. The number of amides is 2. The second-order valence-corrected chi connectivity index (χ2v) is 7.59. The van der Waals surface area contributed by atoms with Crippen LogP contribution >= 0.6 is 23.2 Å². The molecular weight excluding hydrogens is 385 g/mol. The molecular formula is C20H21Cl2N3O2. The molecule has 2 N–H and O–H groups in total. The molecule has 2 aromatic rings. The van der Waals surface area contributed by atoms with Gasteiger partial charge in [-0.2, -0.15) is 0 Å². The topological polar surface area (TPSA) is 61.4 Å². The standard InChI is InChI=1S/C20H21Cl2N3O2/c1-25(12-18(26)23-16-7-8-16)19(13-5-3-2-4-6-13)20(27)24-17-10-14(21)9-15(22)11-17/h2-6,9-11,16,19H,7-8,12H2,1H3,(H,23,26)(H,24,27)/t19-/m1/s1. The van der Waals surface area contributed by atoms with Gasteiger partial charge in [-0.05, 0) is 43.7 Å². The minimum Gasteiger partial charge on any atom is -0.352 e. The van der Waals surface area contributed by atoms with Crippen LogP contribution in [0.5, 0.6) is 0 Å². The highest BCUT2D eigenvalue weighted by Gasteiger charge is 2.29. The van der Waals surface area contributed by atoms with Crippen LogP contribution in [-0.4, -0.2) is 36.3 Å². The van der Waals surface area contributed by atoms with Crippen LogP contribution < -0.4 is 10.6 Å². The minimum absolute atomic E-state index is 0.0838. The van der Waals surface area contributed by atoms with Crippen molar-refractivity contribution in [1.82, 2.24) is 10.2 Å². The molecule has 1 fully saturated rings. The maximum absolute atomic E-state index is 13.0. The van der Waals surface area contributed by atoms with Crippen LogP contribution in [0.15, 0.2) is 48.5 Å². The maximum atomic E-state index is 13.0. The van der Waals surface area contributed by atoms with Gasteiger partial charge < -0.3 is 10.6 Å².